The number of nitrogens with zero attached hydrogens (tertiary/aromatic N) is 1. The maximum absolute atomic E-state index is 13.3. The summed E-state index contributed by atoms with van der Waals surface area (Å²) in [6.45, 7) is 0.473. The van der Waals surface area contributed by atoms with Gasteiger partial charge in [0, 0.05) is 0 Å². The Balaban J connectivity index is 2.02. The van der Waals surface area contributed by atoms with E-state index in [-0.39, 0.29) is 5.82 Å². The van der Waals surface area contributed by atoms with Crippen molar-refractivity contribution in [3.8, 4) is 0 Å². The summed E-state index contributed by atoms with van der Waals surface area (Å²) in [5.41, 5.74) is 7.43. The molecule has 0 atom stereocenters. The summed E-state index contributed by atoms with van der Waals surface area (Å²) in [5.74, 6) is -0.266. The van der Waals surface area contributed by atoms with E-state index in [2.05, 4.69) is 10.3 Å². The first kappa shape index (κ1) is 10.4. The van der Waals surface area contributed by atoms with E-state index in [1.807, 2.05) is 6.07 Å². The molecule has 2 rings (SSSR count). The highest BCUT2D eigenvalue weighted by atomic mass is 19.1. The van der Waals surface area contributed by atoms with Crippen molar-refractivity contribution in [1.82, 2.24) is 4.98 Å². The lowest BCUT2D eigenvalue weighted by Gasteiger charge is -2.06. The largest absolute Gasteiger partial charge is 0.397 e. The van der Waals surface area contributed by atoms with Crippen molar-refractivity contribution in [2.24, 2.45) is 0 Å². The van der Waals surface area contributed by atoms with Crippen LogP contribution < -0.4 is 11.1 Å². The zero-order chi connectivity index (χ0) is 11.4. The van der Waals surface area contributed by atoms with Crippen LogP contribution in [0.1, 0.15) is 5.69 Å². The summed E-state index contributed by atoms with van der Waals surface area (Å²) in [6.07, 6.45) is 1.58. The molecular formula is C12H12FN3. The smallest absolute Gasteiger partial charge is 0.146 e. The van der Waals surface area contributed by atoms with Gasteiger partial charge in [-0.05, 0) is 24.3 Å². The molecule has 0 saturated carbocycles. The lowest BCUT2D eigenvalue weighted by atomic mass is 10.3. The Morgan fingerprint density at radius 2 is 2.00 bits per heavy atom. The zero-order valence-electron chi connectivity index (χ0n) is 8.65. The molecule has 1 aromatic carbocycles. The highest BCUT2D eigenvalue weighted by Crippen LogP contribution is 2.13. The number of pyridine rings is 1. The van der Waals surface area contributed by atoms with E-state index in [1.165, 1.54) is 6.07 Å². The van der Waals surface area contributed by atoms with E-state index >= 15 is 0 Å². The quantitative estimate of drug-likeness (QED) is 0.830. The van der Waals surface area contributed by atoms with Gasteiger partial charge in [0.05, 0.1) is 29.8 Å². The summed E-state index contributed by atoms with van der Waals surface area (Å²) >= 11 is 0. The molecule has 0 radical (unpaired) electrons. The standard InChI is InChI=1S/C12H12FN3/c13-11-3-1-2-4-12(11)16-8-10-6-5-9(14)7-15-10/h1-7,16H,8,14H2. The third kappa shape index (κ3) is 2.48. The van der Waals surface area contributed by atoms with Crippen molar-refractivity contribution in [3.63, 3.8) is 0 Å². The molecule has 1 heterocycles. The van der Waals surface area contributed by atoms with Gasteiger partial charge in [0.15, 0.2) is 0 Å². The molecule has 16 heavy (non-hydrogen) atoms. The Labute approximate surface area is 93.1 Å². The van der Waals surface area contributed by atoms with Crippen LogP contribution in [0.3, 0.4) is 0 Å². The molecule has 1 aromatic heterocycles. The van der Waals surface area contributed by atoms with Gasteiger partial charge in [-0.1, -0.05) is 12.1 Å². The number of anilines is 2. The molecule has 0 fully saturated rings. The van der Waals surface area contributed by atoms with Crippen LogP contribution in [0.4, 0.5) is 15.8 Å². The minimum absolute atomic E-state index is 0.266. The Morgan fingerprint density at radius 3 is 2.69 bits per heavy atom. The van der Waals surface area contributed by atoms with Crippen molar-refractivity contribution in [3.05, 3.63) is 54.1 Å². The second-order valence-electron chi connectivity index (χ2n) is 3.42. The first-order valence-corrected chi connectivity index (χ1v) is 4.94. The van der Waals surface area contributed by atoms with Crippen LogP contribution in [-0.2, 0) is 6.54 Å². The number of nitrogen functional groups attached to an aromatic ring is 1. The van der Waals surface area contributed by atoms with Gasteiger partial charge in [-0.15, -0.1) is 0 Å². The molecule has 82 valence electrons. The monoisotopic (exact) mass is 217 g/mol. The molecule has 4 heteroatoms. The molecule has 3 N–H and O–H groups in total. The van der Waals surface area contributed by atoms with E-state index < -0.39 is 0 Å². The Hall–Kier alpha value is -2.10. The van der Waals surface area contributed by atoms with Crippen molar-refractivity contribution < 1.29 is 4.39 Å². The van der Waals surface area contributed by atoms with Crippen LogP contribution in [0.25, 0.3) is 0 Å². The topological polar surface area (TPSA) is 50.9 Å². The molecule has 0 aliphatic rings. The number of halogens is 1. The Bertz CT molecular complexity index is 468. The fraction of sp³-hybridized carbons (Fsp3) is 0.0833. The van der Waals surface area contributed by atoms with E-state index in [0.717, 1.165) is 5.69 Å². The SMILES string of the molecule is Nc1ccc(CNc2ccccc2F)nc1. The van der Waals surface area contributed by atoms with Gasteiger partial charge in [-0.2, -0.15) is 0 Å². The van der Waals surface area contributed by atoms with E-state index in [0.29, 0.717) is 17.9 Å². The van der Waals surface area contributed by atoms with Crippen LogP contribution >= 0.6 is 0 Å². The summed E-state index contributed by atoms with van der Waals surface area (Å²) in [5, 5.41) is 2.97. The molecule has 0 aliphatic heterocycles. The number of nitrogens with two attached hydrogens (primary N) is 1. The number of benzene rings is 1. The highest BCUT2D eigenvalue weighted by Gasteiger charge is 2.00. The molecule has 2 aromatic rings. The van der Waals surface area contributed by atoms with Gasteiger partial charge < -0.3 is 11.1 Å². The lowest BCUT2D eigenvalue weighted by molar-refractivity contribution is 0.630. The molecule has 0 saturated heterocycles. The summed E-state index contributed by atoms with van der Waals surface area (Å²) in [7, 11) is 0. The second kappa shape index (κ2) is 4.61. The van der Waals surface area contributed by atoms with Gasteiger partial charge in [0.25, 0.3) is 0 Å². The predicted molar refractivity (Wildman–Crippen MR) is 62.4 cm³/mol. The first-order valence-electron chi connectivity index (χ1n) is 4.94. The molecule has 0 amide bonds. The van der Waals surface area contributed by atoms with Crippen LogP contribution in [0.5, 0.6) is 0 Å². The summed E-state index contributed by atoms with van der Waals surface area (Å²) in [4.78, 5) is 4.11. The van der Waals surface area contributed by atoms with E-state index in [9.17, 15) is 4.39 Å². The fourth-order valence-electron chi connectivity index (χ4n) is 1.33. The van der Waals surface area contributed by atoms with Gasteiger partial charge >= 0.3 is 0 Å². The number of rotatable bonds is 3. The van der Waals surface area contributed by atoms with Gasteiger partial charge in [-0.3, -0.25) is 4.98 Å². The first-order chi connectivity index (χ1) is 7.75. The molecule has 0 unspecified atom stereocenters. The number of nitrogens with one attached hydrogen (secondary N) is 1. The normalized spacial score (nSPS) is 10.1. The maximum atomic E-state index is 13.3. The number of hydrogen-bond donors (Lipinski definition) is 2. The van der Waals surface area contributed by atoms with Crippen LogP contribution in [0.15, 0.2) is 42.6 Å². The van der Waals surface area contributed by atoms with Gasteiger partial charge in [0.2, 0.25) is 0 Å². The zero-order valence-corrected chi connectivity index (χ0v) is 8.65. The van der Waals surface area contributed by atoms with Crippen molar-refractivity contribution >= 4 is 11.4 Å². The molecule has 0 bridgehead atoms. The molecule has 0 spiro atoms. The van der Waals surface area contributed by atoms with Crippen LogP contribution in [0.2, 0.25) is 0 Å². The summed E-state index contributed by atoms with van der Waals surface area (Å²) in [6, 6.07) is 10.1. The van der Waals surface area contributed by atoms with Gasteiger partial charge in [0.1, 0.15) is 5.82 Å². The third-order valence-electron chi connectivity index (χ3n) is 2.18. The minimum Gasteiger partial charge on any atom is -0.397 e. The molecule has 3 nitrogen and oxygen atoms in total. The van der Waals surface area contributed by atoms with Crippen molar-refractivity contribution in [1.29, 1.82) is 0 Å². The van der Waals surface area contributed by atoms with Crippen LogP contribution in [-0.4, -0.2) is 4.98 Å². The summed E-state index contributed by atoms with van der Waals surface area (Å²) < 4.78 is 13.3. The minimum atomic E-state index is -0.266. The highest BCUT2D eigenvalue weighted by molar-refractivity contribution is 5.44. The average Bonchev–Trinajstić information content (AvgIpc) is 2.30. The number of aromatic nitrogens is 1. The lowest BCUT2D eigenvalue weighted by Crippen LogP contribution is -2.03. The number of para-hydroxylation sites is 1. The maximum Gasteiger partial charge on any atom is 0.146 e. The predicted octanol–water partition coefficient (Wildman–Crippen LogP) is 2.42. The average molecular weight is 217 g/mol. The third-order valence-corrected chi connectivity index (χ3v) is 2.18. The van der Waals surface area contributed by atoms with Gasteiger partial charge in [-0.25, -0.2) is 4.39 Å². The fourth-order valence-corrected chi connectivity index (χ4v) is 1.33. The van der Waals surface area contributed by atoms with Crippen LogP contribution in [0, 0.1) is 5.82 Å². The van der Waals surface area contributed by atoms with E-state index in [4.69, 9.17) is 5.73 Å². The van der Waals surface area contributed by atoms with E-state index in [1.54, 1.807) is 30.5 Å². The van der Waals surface area contributed by atoms with Crippen molar-refractivity contribution in [2.75, 3.05) is 11.1 Å². The number of hydrogen-bond acceptors (Lipinski definition) is 3. The Morgan fingerprint density at radius 1 is 1.19 bits per heavy atom. The molecule has 0 aliphatic carbocycles. The second-order valence-corrected chi connectivity index (χ2v) is 3.42. The Kier molecular flexibility index (Phi) is 3.00. The van der Waals surface area contributed by atoms with Crippen molar-refractivity contribution in [2.45, 2.75) is 6.54 Å². The molecular weight excluding hydrogens is 205 g/mol.